The van der Waals surface area contributed by atoms with Gasteiger partial charge in [-0.3, -0.25) is 0 Å². The second kappa shape index (κ2) is 5.89. The lowest BCUT2D eigenvalue weighted by Gasteiger charge is -2.30. The summed E-state index contributed by atoms with van der Waals surface area (Å²) >= 11 is 0. The predicted octanol–water partition coefficient (Wildman–Crippen LogP) is 2.48. The van der Waals surface area contributed by atoms with Gasteiger partial charge < -0.3 is 14.1 Å². The van der Waals surface area contributed by atoms with Crippen molar-refractivity contribution in [3.05, 3.63) is 12.0 Å². The second-order valence-corrected chi connectivity index (χ2v) is 4.57. The number of ether oxygens (including phenoxy) is 1. The molecule has 1 fully saturated rings. The lowest BCUT2D eigenvalue weighted by atomic mass is 9.95. The molecular formula is C13H20N2O3. The summed E-state index contributed by atoms with van der Waals surface area (Å²) < 4.78 is 10.2. The van der Waals surface area contributed by atoms with Crippen molar-refractivity contribution in [2.75, 3.05) is 24.6 Å². The van der Waals surface area contributed by atoms with Crippen molar-refractivity contribution in [3.63, 3.8) is 0 Å². The number of esters is 1. The highest BCUT2D eigenvalue weighted by molar-refractivity contribution is 5.87. The van der Waals surface area contributed by atoms with E-state index in [1.807, 2.05) is 0 Å². The first kappa shape index (κ1) is 12.9. The van der Waals surface area contributed by atoms with Crippen molar-refractivity contribution < 1.29 is 13.9 Å². The minimum atomic E-state index is -0.420. The van der Waals surface area contributed by atoms with E-state index in [4.69, 9.17) is 9.15 Å². The number of carbonyl (C=O) groups excluding carboxylic acids is 1. The molecule has 0 aliphatic carbocycles. The maximum atomic E-state index is 11.5. The van der Waals surface area contributed by atoms with Crippen LogP contribution in [0.2, 0.25) is 0 Å². The topological polar surface area (TPSA) is 55.6 Å². The van der Waals surface area contributed by atoms with Gasteiger partial charge in [0, 0.05) is 13.1 Å². The molecule has 5 nitrogen and oxygen atoms in total. The van der Waals surface area contributed by atoms with E-state index < -0.39 is 5.97 Å². The molecule has 5 heteroatoms. The second-order valence-electron chi connectivity index (χ2n) is 4.57. The normalized spacial score (nSPS) is 16.9. The van der Waals surface area contributed by atoms with Crippen LogP contribution in [-0.4, -0.2) is 30.6 Å². The summed E-state index contributed by atoms with van der Waals surface area (Å²) in [6, 6.07) is 0.535. The molecule has 0 bridgehead atoms. The number of rotatable bonds is 4. The van der Waals surface area contributed by atoms with Crippen molar-refractivity contribution in [2.45, 2.75) is 33.1 Å². The molecule has 100 valence electrons. The van der Waals surface area contributed by atoms with Crippen LogP contribution >= 0.6 is 0 Å². The highest BCUT2D eigenvalue weighted by Crippen LogP contribution is 2.24. The Morgan fingerprint density at radius 1 is 1.50 bits per heavy atom. The molecule has 2 heterocycles. The SMILES string of the molecule is CCOC(=O)c1coc(N2CCC(CC)CC2)n1. The molecular weight excluding hydrogens is 232 g/mol. The Bertz CT molecular complexity index is 395. The van der Waals surface area contributed by atoms with E-state index in [0.717, 1.165) is 31.8 Å². The smallest absolute Gasteiger partial charge is 0.360 e. The minimum Gasteiger partial charge on any atom is -0.461 e. The molecule has 0 N–H and O–H groups in total. The van der Waals surface area contributed by atoms with Gasteiger partial charge in [0.25, 0.3) is 6.01 Å². The number of carbonyl (C=O) groups is 1. The van der Waals surface area contributed by atoms with Crippen LogP contribution < -0.4 is 4.90 Å². The van der Waals surface area contributed by atoms with Crippen molar-refractivity contribution in [1.29, 1.82) is 0 Å². The first-order chi connectivity index (χ1) is 8.74. The van der Waals surface area contributed by atoms with Gasteiger partial charge >= 0.3 is 5.97 Å². The van der Waals surface area contributed by atoms with Crippen LogP contribution in [-0.2, 0) is 4.74 Å². The van der Waals surface area contributed by atoms with Crippen molar-refractivity contribution in [1.82, 2.24) is 4.98 Å². The first-order valence-electron chi connectivity index (χ1n) is 6.62. The summed E-state index contributed by atoms with van der Waals surface area (Å²) in [4.78, 5) is 17.8. The van der Waals surface area contributed by atoms with Gasteiger partial charge in [0.15, 0.2) is 5.69 Å². The third kappa shape index (κ3) is 2.83. The van der Waals surface area contributed by atoms with Crippen LogP contribution in [0.5, 0.6) is 0 Å². The summed E-state index contributed by atoms with van der Waals surface area (Å²) in [7, 11) is 0. The monoisotopic (exact) mass is 252 g/mol. The third-order valence-electron chi connectivity index (χ3n) is 3.44. The van der Waals surface area contributed by atoms with Gasteiger partial charge in [-0.2, -0.15) is 4.98 Å². The number of oxazole rings is 1. The lowest BCUT2D eigenvalue weighted by molar-refractivity contribution is 0.0519. The summed E-state index contributed by atoms with van der Waals surface area (Å²) in [6.45, 7) is 6.24. The van der Waals surface area contributed by atoms with Crippen LogP contribution in [0.3, 0.4) is 0 Å². The minimum absolute atomic E-state index is 0.254. The molecule has 0 spiro atoms. The zero-order valence-corrected chi connectivity index (χ0v) is 11.0. The molecule has 0 unspecified atom stereocenters. The zero-order chi connectivity index (χ0) is 13.0. The van der Waals surface area contributed by atoms with Gasteiger partial charge in [-0.1, -0.05) is 13.3 Å². The Morgan fingerprint density at radius 2 is 2.22 bits per heavy atom. The predicted molar refractivity (Wildman–Crippen MR) is 67.7 cm³/mol. The summed E-state index contributed by atoms with van der Waals surface area (Å²) in [5.41, 5.74) is 0.254. The van der Waals surface area contributed by atoms with E-state index in [9.17, 15) is 4.79 Å². The summed E-state index contributed by atoms with van der Waals surface area (Å²) in [5, 5.41) is 0. The molecule has 1 aromatic rings. The van der Waals surface area contributed by atoms with E-state index >= 15 is 0 Å². The summed E-state index contributed by atoms with van der Waals surface area (Å²) in [6.07, 6.45) is 4.92. The Balaban J connectivity index is 1.96. The number of hydrogen-bond donors (Lipinski definition) is 0. The molecule has 0 amide bonds. The molecule has 1 aliphatic rings. The number of aromatic nitrogens is 1. The van der Waals surface area contributed by atoms with Crippen molar-refractivity contribution in [3.8, 4) is 0 Å². The number of hydrogen-bond acceptors (Lipinski definition) is 5. The summed E-state index contributed by atoms with van der Waals surface area (Å²) in [5.74, 6) is 0.386. The van der Waals surface area contributed by atoms with E-state index in [1.165, 1.54) is 12.7 Å². The van der Waals surface area contributed by atoms with Crippen LogP contribution in [0.1, 0.15) is 43.6 Å². The van der Waals surface area contributed by atoms with Gasteiger partial charge in [-0.05, 0) is 25.7 Å². The fourth-order valence-electron chi connectivity index (χ4n) is 2.24. The highest BCUT2D eigenvalue weighted by atomic mass is 16.5. The molecule has 18 heavy (non-hydrogen) atoms. The van der Waals surface area contributed by atoms with Gasteiger partial charge in [0.1, 0.15) is 6.26 Å². The van der Waals surface area contributed by atoms with Crippen LogP contribution in [0.15, 0.2) is 10.7 Å². The Hall–Kier alpha value is -1.52. The average molecular weight is 252 g/mol. The quantitative estimate of drug-likeness (QED) is 0.770. The van der Waals surface area contributed by atoms with Crippen molar-refractivity contribution in [2.24, 2.45) is 5.92 Å². The fourth-order valence-corrected chi connectivity index (χ4v) is 2.24. The van der Waals surface area contributed by atoms with Gasteiger partial charge in [-0.15, -0.1) is 0 Å². The first-order valence-corrected chi connectivity index (χ1v) is 6.62. The molecule has 0 aromatic carbocycles. The number of nitrogens with zero attached hydrogens (tertiary/aromatic N) is 2. The highest BCUT2D eigenvalue weighted by Gasteiger charge is 2.22. The molecule has 2 rings (SSSR count). The van der Waals surface area contributed by atoms with Gasteiger partial charge in [0.2, 0.25) is 0 Å². The van der Waals surface area contributed by atoms with Crippen LogP contribution in [0.25, 0.3) is 0 Å². The third-order valence-corrected chi connectivity index (χ3v) is 3.44. The largest absolute Gasteiger partial charge is 0.461 e. The number of anilines is 1. The van der Waals surface area contributed by atoms with Gasteiger partial charge in [-0.25, -0.2) is 4.79 Å². The molecule has 0 saturated carbocycles. The lowest BCUT2D eigenvalue weighted by Crippen LogP contribution is -2.33. The van der Waals surface area contributed by atoms with Gasteiger partial charge in [0.05, 0.1) is 6.61 Å². The Labute approximate surface area is 107 Å². The molecule has 0 radical (unpaired) electrons. The maximum absolute atomic E-state index is 11.5. The molecule has 1 aliphatic heterocycles. The van der Waals surface area contributed by atoms with Crippen LogP contribution in [0, 0.1) is 5.92 Å². The number of piperidine rings is 1. The molecule has 1 saturated heterocycles. The standard InChI is InChI=1S/C13H20N2O3/c1-3-10-5-7-15(8-6-10)13-14-11(9-18-13)12(16)17-4-2/h9-10H,3-8H2,1-2H3. The fraction of sp³-hybridized carbons (Fsp3) is 0.692. The van der Waals surface area contributed by atoms with Crippen LogP contribution in [0.4, 0.5) is 6.01 Å². The van der Waals surface area contributed by atoms with E-state index in [-0.39, 0.29) is 5.69 Å². The molecule has 0 atom stereocenters. The Kier molecular flexibility index (Phi) is 4.23. The maximum Gasteiger partial charge on any atom is 0.360 e. The Morgan fingerprint density at radius 3 is 2.83 bits per heavy atom. The van der Waals surface area contributed by atoms with E-state index in [1.54, 1.807) is 6.92 Å². The average Bonchev–Trinajstić information content (AvgIpc) is 2.89. The molecule has 1 aromatic heterocycles. The van der Waals surface area contributed by atoms with E-state index in [0.29, 0.717) is 12.6 Å². The van der Waals surface area contributed by atoms with Crippen molar-refractivity contribution >= 4 is 12.0 Å². The zero-order valence-electron chi connectivity index (χ0n) is 11.0. The van der Waals surface area contributed by atoms with E-state index in [2.05, 4.69) is 16.8 Å².